The Morgan fingerprint density at radius 1 is 0.644 bits per heavy atom. The molecule has 306 valence electrons. The molecule has 1 aromatic heterocycles. The molecule has 3 aromatic carbocycles. The van der Waals surface area contributed by atoms with Gasteiger partial charge in [-0.15, -0.1) is 0 Å². The summed E-state index contributed by atoms with van der Waals surface area (Å²) in [5.41, 5.74) is 17.8. The first-order valence-electron chi connectivity index (χ1n) is 22.0. The van der Waals surface area contributed by atoms with Gasteiger partial charge in [0, 0.05) is 29.8 Å². The molecule has 4 aromatic rings. The average molecular weight is 786 g/mol. The van der Waals surface area contributed by atoms with Gasteiger partial charge in [0.25, 0.3) is 0 Å². The van der Waals surface area contributed by atoms with Crippen LogP contribution in [0.1, 0.15) is 192 Å². The Balaban J connectivity index is 0.888. The van der Waals surface area contributed by atoms with Crippen LogP contribution >= 0.6 is 0 Å². The lowest BCUT2D eigenvalue weighted by atomic mass is 9.62. The molecule has 0 N–H and O–H groups in total. The number of ether oxygens (including phenoxy) is 1. The maximum atomic E-state index is 13.0. The summed E-state index contributed by atoms with van der Waals surface area (Å²) in [6.07, 6.45) is 16.7. The van der Waals surface area contributed by atoms with Gasteiger partial charge in [-0.1, -0.05) is 122 Å². The number of allylic oxidation sites excluding steroid dienone is 5. The van der Waals surface area contributed by atoms with Crippen LogP contribution in [0.25, 0.3) is 16.7 Å². The lowest BCUT2D eigenvalue weighted by Gasteiger charge is -2.42. The van der Waals surface area contributed by atoms with Gasteiger partial charge < -0.3 is 4.74 Å². The minimum atomic E-state index is -0.694. The number of esters is 2. The number of hydrogen-bond donors (Lipinski definition) is 0. The molecular formula is C55H63NO3. The third kappa shape index (κ3) is 7.97. The van der Waals surface area contributed by atoms with E-state index in [0.29, 0.717) is 5.92 Å². The number of nitrogens with zero attached hydrogens (tertiary/aromatic N) is 1. The predicted octanol–water partition coefficient (Wildman–Crippen LogP) is 13.8. The third-order valence-electron chi connectivity index (χ3n) is 14.7. The first-order valence-corrected chi connectivity index (χ1v) is 22.0. The van der Waals surface area contributed by atoms with E-state index < -0.39 is 11.9 Å². The second kappa shape index (κ2) is 15.0. The molecule has 1 heterocycles. The fourth-order valence-electron chi connectivity index (χ4n) is 10.4. The minimum Gasteiger partial charge on any atom is -0.386 e. The molecule has 4 nitrogen and oxygen atoms in total. The predicted molar refractivity (Wildman–Crippen MR) is 243 cm³/mol. The van der Waals surface area contributed by atoms with Crippen molar-refractivity contribution in [2.75, 3.05) is 0 Å². The summed E-state index contributed by atoms with van der Waals surface area (Å²) in [5, 5.41) is 0. The molecule has 4 heteroatoms. The average Bonchev–Trinajstić information content (AvgIpc) is 3.90. The van der Waals surface area contributed by atoms with Gasteiger partial charge in [-0.25, -0.2) is 9.59 Å². The largest absolute Gasteiger partial charge is 0.386 e. The fourth-order valence-corrected chi connectivity index (χ4v) is 10.4. The van der Waals surface area contributed by atoms with Gasteiger partial charge in [-0.3, -0.25) is 4.98 Å². The van der Waals surface area contributed by atoms with E-state index in [4.69, 9.17) is 4.74 Å². The van der Waals surface area contributed by atoms with Gasteiger partial charge in [0.2, 0.25) is 0 Å². The van der Waals surface area contributed by atoms with Gasteiger partial charge in [-0.05, 0) is 166 Å². The van der Waals surface area contributed by atoms with Crippen LogP contribution in [-0.4, -0.2) is 16.9 Å². The second-order valence-corrected chi connectivity index (χ2v) is 20.8. The van der Waals surface area contributed by atoms with Crippen LogP contribution in [-0.2, 0) is 31.2 Å². The van der Waals surface area contributed by atoms with Crippen molar-refractivity contribution in [2.24, 2.45) is 0 Å². The monoisotopic (exact) mass is 785 g/mol. The molecule has 0 saturated carbocycles. The van der Waals surface area contributed by atoms with Crippen LogP contribution in [0, 0.1) is 6.92 Å². The van der Waals surface area contributed by atoms with E-state index in [1.807, 2.05) is 13.0 Å². The van der Waals surface area contributed by atoms with Crippen LogP contribution in [0.4, 0.5) is 0 Å². The van der Waals surface area contributed by atoms with Crippen molar-refractivity contribution in [2.45, 2.75) is 154 Å². The maximum Gasteiger partial charge on any atom is 0.347 e. The minimum absolute atomic E-state index is 0.170. The molecule has 8 rings (SSSR count). The number of hydrogen-bond acceptors (Lipinski definition) is 4. The highest BCUT2D eigenvalue weighted by molar-refractivity contribution is 6.02. The van der Waals surface area contributed by atoms with Crippen LogP contribution in [0.2, 0.25) is 0 Å². The molecule has 0 spiro atoms. The number of benzene rings is 3. The molecule has 0 fully saturated rings. The molecule has 59 heavy (non-hydrogen) atoms. The van der Waals surface area contributed by atoms with E-state index in [1.54, 1.807) is 6.07 Å². The molecule has 0 bridgehead atoms. The molecule has 0 radical (unpaired) electrons. The first-order chi connectivity index (χ1) is 27.8. The number of carbonyl (C=O) groups excluding carboxylic acids is 2. The Morgan fingerprint density at radius 2 is 1.20 bits per heavy atom. The highest BCUT2D eigenvalue weighted by Crippen LogP contribution is 2.50. The number of aryl methyl sites for hydroxylation is 1. The van der Waals surface area contributed by atoms with Gasteiger partial charge in [0.15, 0.2) is 0 Å². The smallest absolute Gasteiger partial charge is 0.347 e. The third-order valence-corrected chi connectivity index (χ3v) is 14.7. The standard InChI is InChI=1S/C55H63NO3/c1-34(36-11-13-37(14-12-36)38-15-17-41(29-38)44-32-48-46(27-35(44)2)53(5,6)25-26-55(48,9)10)28-50(57)59-51(58)43-20-22-49(56-33-43)42-18-16-39(30-42)40-19-21-45-47(31-40)54(7,8)24-23-52(45,3)4/h11-14,19-22,27-33,38,42H,15-18,23-26H2,1-10H3. The van der Waals surface area contributed by atoms with E-state index in [9.17, 15) is 9.59 Å². The zero-order chi connectivity index (χ0) is 42.1. The van der Waals surface area contributed by atoms with Crippen molar-refractivity contribution in [1.29, 1.82) is 0 Å². The Morgan fingerprint density at radius 3 is 1.85 bits per heavy atom. The van der Waals surface area contributed by atoms with Gasteiger partial charge in [-0.2, -0.15) is 0 Å². The lowest BCUT2D eigenvalue weighted by Crippen LogP contribution is -2.34. The Kier molecular flexibility index (Phi) is 10.4. The van der Waals surface area contributed by atoms with E-state index in [-0.39, 0.29) is 33.1 Å². The fraction of sp³-hybridized carbons (Fsp3) is 0.436. The van der Waals surface area contributed by atoms with Gasteiger partial charge >= 0.3 is 11.9 Å². The van der Waals surface area contributed by atoms with E-state index in [0.717, 1.165) is 42.5 Å². The second-order valence-electron chi connectivity index (χ2n) is 20.8. The summed E-state index contributed by atoms with van der Waals surface area (Å²) in [6, 6.07) is 24.1. The molecule has 0 amide bonds. The summed E-state index contributed by atoms with van der Waals surface area (Å²) in [6.45, 7) is 23.2. The number of fused-ring (bicyclic) bond motifs is 2. The van der Waals surface area contributed by atoms with Gasteiger partial charge in [0.05, 0.1) is 5.56 Å². The van der Waals surface area contributed by atoms with Crippen molar-refractivity contribution in [1.82, 2.24) is 4.98 Å². The Hall–Kier alpha value is -4.83. The van der Waals surface area contributed by atoms with Crippen LogP contribution in [0.15, 0.2) is 91.2 Å². The van der Waals surface area contributed by atoms with Crippen molar-refractivity contribution >= 4 is 28.7 Å². The lowest BCUT2D eigenvalue weighted by molar-refractivity contribution is -0.132. The van der Waals surface area contributed by atoms with Crippen molar-refractivity contribution in [3.63, 3.8) is 0 Å². The zero-order valence-corrected chi connectivity index (χ0v) is 37.1. The summed E-state index contributed by atoms with van der Waals surface area (Å²) in [5.74, 6) is -0.844. The molecule has 0 saturated heterocycles. The van der Waals surface area contributed by atoms with E-state index in [1.165, 1.54) is 93.6 Å². The van der Waals surface area contributed by atoms with Crippen molar-refractivity contribution < 1.29 is 14.3 Å². The Labute approximate surface area is 353 Å². The SMILES string of the molecule is CC(=CC(=O)OC(=O)c1ccc(C2C=C(c3ccc4c(c3)C(C)(C)CCC4(C)C)CC2)nc1)c1ccc(C2C=C(c3cc4c(cc3C)C(C)(C)CCC4(C)C)CC2)cc1. The highest BCUT2D eigenvalue weighted by atomic mass is 16.6. The summed E-state index contributed by atoms with van der Waals surface area (Å²) in [7, 11) is 0. The number of carbonyl (C=O) groups is 2. The molecular weight excluding hydrogens is 723 g/mol. The van der Waals surface area contributed by atoms with Crippen LogP contribution < -0.4 is 0 Å². The molecule has 2 atom stereocenters. The summed E-state index contributed by atoms with van der Waals surface area (Å²) >= 11 is 0. The van der Waals surface area contributed by atoms with Gasteiger partial charge in [0.1, 0.15) is 0 Å². The number of aromatic nitrogens is 1. The quantitative estimate of drug-likeness (QED) is 0.106. The molecule has 4 aliphatic rings. The molecule has 4 aliphatic carbocycles. The topological polar surface area (TPSA) is 56.3 Å². The van der Waals surface area contributed by atoms with E-state index >= 15 is 0 Å². The normalized spacial score (nSPS) is 22.5. The highest BCUT2D eigenvalue weighted by Gasteiger charge is 2.39. The van der Waals surface area contributed by atoms with Crippen LogP contribution in [0.3, 0.4) is 0 Å². The van der Waals surface area contributed by atoms with Crippen molar-refractivity contribution in [3.8, 4) is 0 Å². The zero-order valence-electron chi connectivity index (χ0n) is 37.1. The molecule has 0 aliphatic heterocycles. The maximum absolute atomic E-state index is 13.0. The van der Waals surface area contributed by atoms with Crippen LogP contribution in [0.5, 0.6) is 0 Å². The summed E-state index contributed by atoms with van der Waals surface area (Å²) in [4.78, 5) is 30.6. The van der Waals surface area contributed by atoms with E-state index in [2.05, 4.69) is 134 Å². The first kappa shape index (κ1) is 40.9. The molecule has 2 unspecified atom stereocenters. The summed E-state index contributed by atoms with van der Waals surface area (Å²) < 4.78 is 5.26. The number of pyridine rings is 1. The Bertz CT molecular complexity index is 2420. The van der Waals surface area contributed by atoms with Crippen molar-refractivity contribution in [3.05, 3.63) is 152 Å². The number of rotatable bonds is 7.